The first-order chi connectivity index (χ1) is 13.5. The number of anilines is 2. The summed E-state index contributed by atoms with van der Waals surface area (Å²) in [5, 5.41) is 8.00. The third kappa shape index (κ3) is 5.58. The van der Waals surface area contributed by atoms with Gasteiger partial charge in [0, 0.05) is 28.5 Å². The number of carbonyl (C=O) groups excluding carboxylic acids is 2. The van der Waals surface area contributed by atoms with E-state index in [1.54, 1.807) is 13.2 Å². The number of nitrogens with zero attached hydrogens (tertiary/aromatic N) is 1. The Morgan fingerprint density at radius 2 is 1.96 bits per heavy atom. The lowest BCUT2D eigenvalue weighted by Crippen LogP contribution is -2.13. The maximum atomic E-state index is 12.2. The first-order valence-electron chi connectivity index (χ1n) is 8.44. The van der Waals surface area contributed by atoms with Crippen molar-refractivity contribution in [3.8, 4) is 17.0 Å². The molecule has 28 heavy (non-hydrogen) atoms. The summed E-state index contributed by atoms with van der Waals surface area (Å²) in [6.07, 6.45) is 0. The van der Waals surface area contributed by atoms with Gasteiger partial charge in [0.25, 0.3) is 0 Å². The molecule has 1 heterocycles. The summed E-state index contributed by atoms with van der Waals surface area (Å²) in [6.45, 7) is 1.46. The van der Waals surface area contributed by atoms with Crippen LogP contribution in [0.25, 0.3) is 11.3 Å². The number of aromatic nitrogens is 1. The quantitative estimate of drug-likeness (QED) is 0.557. The van der Waals surface area contributed by atoms with Gasteiger partial charge in [0.1, 0.15) is 5.75 Å². The van der Waals surface area contributed by atoms with E-state index < -0.39 is 0 Å². The Kier molecular flexibility index (Phi) is 6.67. The van der Waals surface area contributed by atoms with Gasteiger partial charge in [0.2, 0.25) is 11.8 Å². The standard InChI is InChI=1S/C20H19N3O3S2/c1-13(24)21-15-6-4-8-17(10-15)27-12-19(25)23-20-22-18(11-28-20)14-5-3-7-16(9-14)26-2/h3-11H,12H2,1-2H3,(H,21,24)(H,22,23,25). The highest BCUT2D eigenvalue weighted by atomic mass is 32.2. The molecule has 0 unspecified atom stereocenters. The van der Waals surface area contributed by atoms with Gasteiger partial charge < -0.3 is 15.4 Å². The number of thiazole rings is 1. The number of thioether (sulfide) groups is 1. The van der Waals surface area contributed by atoms with Crippen molar-refractivity contribution in [1.82, 2.24) is 4.98 Å². The van der Waals surface area contributed by atoms with Crippen molar-refractivity contribution in [2.45, 2.75) is 11.8 Å². The van der Waals surface area contributed by atoms with E-state index in [9.17, 15) is 9.59 Å². The number of carbonyl (C=O) groups is 2. The number of ether oxygens (including phenoxy) is 1. The van der Waals surface area contributed by atoms with Crippen molar-refractivity contribution in [2.24, 2.45) is 0 Å². The van der Waals surface area contributed by atoms with Crippen LogP contribution in [0.4, 0.5) is 10.8 Å². The molecular weight excluding hydrogens is 394 g/mol. The van der Waals surface area contributed by atoms with Crippen molar-refractivity contribution in [1.29, 1.82) is 0 Å². The molecule has 1 aromatic heterocycles. The molecule has 3 rings (SSSR count). The summed E-state index contributed by atoms with van der Waals surface area (Å²) in [7, 11) is 1.62. The summed E-state index contributed by atoms with van der Waals surface area (Å²) in [4.78, 5) is 28.8. The SMILES string of the molecule is COc1cccc(-c2csc(NC(=O)CSc3cccc(NC(C)=O)c3)n2)c1. The van der Waals surface area contributed by atoms with Gasteiger partial charge in [-0.1, -0.05) is 18.2 Å². The Bertz CT molecular complexity index is 988. The minimum Gasteiger partial charge on any atom is -0.497 e. The predicted molar refractivity (Wildman–Crippen MR) is 114 cm³/mol. The summed E-state index contributed by atoms with van der Waals surface area (Å²) in [5.74, 6) is 0.739. The number of amides is 2. The van der Waals surface area contributed by atoms with Gasteiger partial charge in [-0.25, -0.2) is 4.98 Å². The Morgan fingerprint density at radius 3 is 2.75 bits per heavy atom. The van der Waals surface area contributed by atoms with Crippen LogP contribution < -0.4 is 15.4 Å². The summed E-state index contributed by atoms with van der Waals surface area (Å²) in [5.41, 5.74) is 2.43. The van der Waals surface area contributed by atoms with Crippen LogP contribution in [-0.4, -0.2) is 29.7 Å². The summed E-state index contributed by atoms with van der Waals surface area (Å²) >= 11 is 2.77. The highest BCUT2D eigenvalue weighted by Crippen LogP contribution is 2.28. The number of hydrogen-bond donors (Lipinski definition) is 2. The first-order valence-corrected chi connectivity index (χ1v) is 10.3. The fourth-order valence-electron chi connectivity index (χ4n) is 2.42. The molecule has 2 amide bonds. The van der Waals surface area contributed by atoms with Crippen LogP contribution in [0.5, 0.6) is 5.75 Å². The molecule has 0 fully saturated rings. The molecule has 0 atom stereocenters. The van der Waals surface area contributed by atoms with Crippen LogP contribution in [0.15, 0.2) is 58.8 Å². The van der Waals surface area contributed by atoms with E-state index in [1.807, 2.05) is 47.8 Å². The zero-order valence-corrected chi connectivity index (χ0v) is 17.0. The average Bonchev–Trinajstić information content (AvgIpc) is 3.15. The second-order valence-electron chi connectivity index (χ2n) is 5.82. The lowest BCUT2D eigenvalue weighted by Gasteiger charge is -2.05. The smallest absolute Gasteiger partial charge is 0.236 e. The third-order valence-electron chi connectivity index (χ3n) is 3.64. The van der Waals surface area contributed by atoms with Crippen molar-refractivity contribution >= 4 is 45.7 Å². The molecule has 0 saturated heterocycles. The minimum atomic E-state index is -0.138. The van der Waals surface area contributed by atoms with Gasteiger partial charge in [0.05, 0.1) is 18.6 Å². The zero-order chi connectivity index (χ0) is 19.9. The molecule has 2 N–H and O–H groups in total. The van der Waals surface area contributed by atoms with E-state index in [4.69, 9.17) is 4.74 Å². The Labute approximate surface area is 171 Å². The molecule has 0 spiro atoms. The second-order valence-corrected chi connectivity index (χ2v) is 7.72. The number of hydrogen-bond acceptors (Lipinski definition) is 6. The van der Waals surface area contributed by atoms with E-state index in [0.717, 1.165) is 21.9 Å². The highest BCUT2D eigenvalue weighted by Gasteiger charge is 2.10. The van der Waals surface area contributed by atoms with Gasteiger partial charge >= 0.3 is 0 Å². The van der Waals surface area contributed by atoms with Crippen LogP contribution >= 0.6 is 23.1 Å². The molecule has 0 aliphatic carbocycles. The number of methoxy groups -OCH3 is 1. The summed E-state index contributed by atoms with van der Waals surface area (Å²) < 4.78 is 5.23. The van der Waals surface area contributed by atoms with Crippen LogP contribution in [0.1, 0.15) is 6.92 Å². The van der Waals surface area contributed by atoms with Gasteiger partial charge in [-0.3, -0.25) is 9.59 Å². The van der Waals surface area contributed by atoms with Crippen LogP contribution in [0.3, 0.4) is 0 Å². The molecule has 8 heteroatoms. The number of rotatable bonds is 7. The topological polar surface area (TPSA) is 80.3 Å². The molecule has 0 radical (unpaired) electrons. The van der Waals surface area contributed by atoms with E-state index in [1.165, 1.54) is 30.0 Å². The van der Waals surface area contributed by atoms with E-state index in [2.05, 4.69) is 15.6 Å². The van der Waals surface area contributed by atoms with Crippen molar-refractivity contribution < 1.29 is 14.3 Å². The summed E-state index contributed by atoms with van der Waals surface area (Å²) in [6, 6.07) is 15.0. The number of benzene rings is 2. The molecule has 0 aliphatic heterocycles. The van der Waals surface area contributed by atoms with Crippen molar-refractivity contribution in [2.75, 3.05) is 23.5 Å². The first kappa shape index (κ1) is 19.9. The molecule has 3 aromatic rings. The van der Waals surface area contributed by atoms with E-state index >= 15 is 0 Å². The Morgan fingerprint density at radius 1 is 1.14 bits per heavy atom. The fourth-order valence-corrected chi connectivity index (χ4v) is 3.91. The third-order valence-corrected chi connectivity index (χ3v) is 5.39. The van der Waals surface area contributed by atoms with E-state index in [0.29, 0.717) is 10.8 Å². The highest BCUT2D eigenvalue weighted by molar-refractivity contribution is 8.00. The molecule has 6 nitrogen and oxygen atoms in total. The normalized spacial score (nSPS) is 10.4. The van der Waals surface area contributed by atoms with Crippen molar-refractivity contribution in [3.63, 3.8) is 0 Å². The fraction of sp³-hybridized carbons (Fsp3) is 0.150. The average molecular weight is 414 g/mol. The molecule has 2 aromatic carbocycles. The maximum Gasteiger partial charge on any atom is 0.236 e. The zero-order valence-electron chi connectivity index (χ0n) is 15.4. The van der Waals surface area contributed by atoms with Crippen molar-refractivity contribution in [3.05, 3.63) is 53.9 Å². The van der Waals surface area contributed by atoms with Gasteiger partial charge in [0.15, 0.2) is 5.13 Å². The van der Waals surface area contributed by atoms with Crippen LogP contribution in [0.2, 0.25) is 0 Å². The second kappa shape index (κ2) is 9.38. The molecule has 144 valence electrons. The largest absolute Gasteiger partial charge is 0.497 e. The lowest BCUT2D eigenvalue weighted by molar-refractivity contribution is -0.114. The molecular formula is C20H19N3O3S2. The Balaban J connectivity index is 1.57. The molecule has 0 bridgehead atoms. The number of nitrogens with one attached hydrogen (secondary N) is 2. The van der Waals surface area contributed by atoms with Crippen LogP contribution in [0, 0.1) is 0 Å². The monoisotopic (exact) mass is 413 g/mol. The van der Waals surface area contributed by atoms with E-state index in [-0.39, 0.29) is 17.6 Å². The van der Waals surface area contributed by atoms with Gasteiger partial charge in [-0.05, 0) is 30.3 Å². The predicted octanol–water partition coefficient (Wildman–Crippen LogP) is 4.51. The Hall–Kier alpha value is -2.84. The van der Waals surface area contributed by atoms with Gasteiger partial charge in [-0.15, -0.1) is 23.1 Å². The molecule has 0 saturated carbocycles. The molecule has 0 aliphatic rings. The minimum absolute atomic E-state index is 0.129. The lowest BCUT2D eigenvalue weighted by atomic mass is 10.2. The van der Waals surface area contributed by atoms with Gasteiger partial charge in [-0.2, -0.15) is 0 Å². The maximum absolute atomic E-state index is 12.2. The van der Waals surface area contributed by atoms with Crippen LogP contribution in [-0.2, 0) is 9.59 Å².